The minimum Gasteiger partial charge on any atom is -0.463 e. The van der Waals surface area contributed by atoms with Crippen molar-refractivity contribution in [2.75, 3.05) is 24.7 Å². The quantitative estimate of drug-likeness (QED) is 0.111. The number of halogens is 2. The average Bonchev–Trinajstić information content (AvgIpc) is 2.92. The van der Waals surface area contributed by atoms with E-state index in [1.807, 2.05) is 0 Å². The van der Waals surface area contributed by atoms with Gasteiger partial charge in [-0.05, 0) is 86.4 Å². The smallest absolute Gasteiger partial charge is 0.400 e. The van der Waals surface area contributed by atoms with Gasteiger partial charge in [0.25, 0.3) is 0 Å². The van der Waals surface area contributed by atoms with Crippen LogP contribution >= 0.6 is 0 Å². The summed E-state index contributed by atoms with van der Waals surface area (Å²) in [5.74, 6) is -1.18. The van der Waals surface area contributed by atoms with E-state index in [-0.39, 0.29) is 24.5 Å². The standard InChI is InChI=1S/C31H40F2N2O5/c1-2-3-6-22-7-12-25(13-8-22)31(32,33)40-28-14-9-23(10-15-28)11-16-29(36)38-17-4-5-18-39-30(37)24-19-26(34)21-27(35)20-24/h9-11,14-16,19-22,25H,2-8,12-13,17-18,34-35H2,1H3/b16-11+. The van der Waals surface area contributed by atoms with Crippen molar-refractivity contribution in [1.29, 1.82) is 0 Å². The number of rotatable bonds is 14. The van der Waals surface area contributed by atoms with Crippen LogP contribution in [0.2, 0.25) is 0 Å². The lowest BCUT2D eigenvalue weighted by atomic mass is 9.79. The first kappa shape index (κ1) is 30.9. The van der Waals surface area contributed by atoms with Gasteiger partial charge >= 0.3 is 18.0 Å². The zero-order chi connectivity index (χ0) is 29.0. The van der Waals surface area contributed by atoms with E-state index >= 15 is 0 Å². The molecule has 1 saturated carbocycles. The summed E-state index contributed by atoms with van der Waals surface area (Å²) in [4.78, 5) is 24.0. The summed E-state index contributed by atoms with van der Waals surface area (Å²) in [5, 5.41) is 0. The first-order chi connectivity index (χ1) is 19.2. The SMILES string of the molecule is CCCCC1CCC(C(F)(F)Oc2ccc(/C=C/C(=O)OCCCCOC(=O)c3cc(N)cc(N)c3)cc2)CC1. The van der Waals surface area contributed by atoms with Crippen LogP contribution in [0.1, 0.15) is 80.6 Å². The Morgan fingerprint density at radius 2 is 1.55 bits per heavy atom. The second-order valence-electron chi connectivity index (χ2n) is 10.3. The van der Waals surface area contributed by atoms with Crippen molar-refractivity contribution in [2.24, 2.45) is 11.8 Å². The molecular weight excluding hydrogens is 518 g/mol. The zero-order valence-corrected chi connectivity index (χ0v) is 23.1. The molecule has 0 spiro atoms. The maximum absolute atomic E-state index is 14.7. The van der Waals surface area contributed by atoms with Crippen molar-refractivity contribution < 1.29 is 32.6 Å². The van der Waals surface area contributed by atoms with Gasteiger partial charge in [-0.1, -0.05) is 38.3 Å². The van der Waals surface area contributed by atoms with Crippen LogP contribution in [0.25, 0.3) is 6.08 Å². The molecule has 218 valence electrons. The fourth-order valence-corrected chi connectivity index (χ4v) is 4.80. The normalized spacial score (nSPS) is 17.5. The number of carbonyl (C=O) groups excluding carboxylic acids is 2. The van der Waals surface area contributed by atoms with E-state index in [0.717, 1.165) is 32.1 Å². The number of hydrogen-bond acceptors (Lipinski definition) is 7. The molecule has 1 fully saturated rings. The van der Waals surface area contributed by atoms with Crippen LogP contribution in [-0.2, 0) is 14.3 Å². The van der Waals surface area contributed by atoms with Gasteiger partial charge in [-0.2, -0.15) is 8.78 Å². The number of anilines is 2. The molecule has 0 radical (unpaired) electrons. The third-order valence-corrected chi connectivity index (χ3v) is 7.06. The fourth-order valence-electron chi connectivity index (χ4n) is 4.80. The molecule has 0 amide bonds. The number of hydrogen-bond donors (Lipinski definition) is 2. The molecule has 0 aliphatic heterocycles. The van der Waals surface area contributed by atoms with Gasteiger partial charge in [-0.25, -0.2) is 9.59 Å². The molecule has 0 heterocycles. The van der Waals surface area contributed by atoms with Crippen molar-refractivity contribution in [3.63, 3.8) is 0 Å². The number of nitrogens with two attached hydrogens (primary N) is 2. The van der Waals surface area contributed by atoms with Gasteiger partial charge in [0.1, 0.15) is 5.75 Å². The van der Waals surface area contributed by atoms with Gasteiger partial charge in [0, 0.05) is 17.5 Å². The van der Waals surface area contributed by atoms with Crippen molar-refractivity contribution in [3.8, 4) is 5.75 Å². The predicted molar refractivity (Wildman–Crippen MR) is 152 cm³/mol. The van der Waals surface area contributed by atoms with Crippen LogP contribution in [0, 0.1) is 11.8 Å². The maximum Gasteiger partial charge on any atom is 0.400 e. The molecule has 7 nitrogen and oxygen atoms in total. The second kappa shape index (κ2) is 15.2. The number of alkyl halides is 2. The van der Waals surface area contributed by atoms with Crippen LogP contribution in [0.15, 0.2) is 48.5 Å². The molecular formula is C31H40F2N2O5. The Hall–Kier alpha value is -3.62. The first-order valence-corrected chi connectivity index (χ1v) is 14.0. The van der Waals surface area contributed by atoms with Gasteiger partial charge in [0.2, 0.25) is 0 Å². The van der Waals surface area contributed by atoms with Crippen LogP contribution in [0.5, 0.6) is 5.75 Å². The van der Waals surface area contributed by atoms with E-state index in [9.17, 15) is 18.4 Å². The molecule has 0 aromatic heterocycles. The Balaban J connectivity index is 1.33. The zero-order valence-electron chi connectivity index (χ0n) is 23.1. The molecule has 0 atom stereocenters. The van der Waals surface area contributed by atoms with Crippen molar-refractivity contribution in [3.05, 3.63) is 59.7 Å². The summed E-state index contributed by atoms with van der Waals surface area (Å²) in [6.07, 6.45) is 6.65. The minimum atomic E-state index is -3.21. The van der Waals surface area contributed by atoms with Crippen LogP contribution < -0.4 is 16.2 Å². The average molecular weight is 559 g/mol. The van der Waals surface area contributed by atoms with Crippen LogP contribution in [-0.4, -0.2) is 31.3 Å². The number of unbranched alkanes of at least 4 members (excludes halogenated alkanes) is 2. The molecule has 0 saturated heterocycles. The minimum absolute atomic E-state index is 0.0951. The lowest BCUT2D eigenvalue weighted by Gasteiger charge is -2.33. The van der Waals surface area contributed by atoms with E-state index < -0.39 is 24.0 Å². The summed E-state index contributed by atoms with van der Waals surface area (Å²) in [6, 6.07) is 10.7. The van der Waals surface area contributed by atoms with E-state index in [1.54, 1.807) is 24.3 Å². The van der Waals surface area contributed by atoms with Gasteiger partial charge in [0.15, 0.2) is 0 Å². The van der Waals surface area contributed by atoms with Crippen molar-refractivity contribution in [1.82, 2.24) is 0 Å². The second-order valence-corrected chi connectivity index (χ2v) is 10.3. The number of benzene rings is 2. The first-order valence-electron chi connectivity index (χ1n) is 14.0. The summed E-state index contributed by atoms with van der Waals surface area (Å²) in [6.45, 7) is 2.47. The molecule has 0 bridgehead atoms. The molecule has 0 unspecified atom stereocenters. The van der Waals surface area contributed by atoms with Gasteiger partial charge in [0.05, 0.1) is 24.7 Å². The number of nitrogen functional groups attached to an aromatic ring is 2. The summed E-state index contributed by atoms with van der Waals surface area (Å²) in [5.41, 5.74) is 13.0. The Kier molecular flexibility index (Phi) is 11.8. The highest BCUT2D eigenvalue weighted by atomic mass is 19.3. The summed E-state index contributed by atoms with van der Waals surface area (Å²) in [7, 11) is 0. The van der Waals surface area contributed by atoms with E-state index in [0.29, 0.717) is 48.5 Å². The summed E-state index contributed by atoms with van der Waals surface area (Å²) < 4.78 is 44.9. The number of ether oxygens (including phenoxy) is 3. The Bertz CT molecular complexity index is 1110. The Labute approximate surface area is 234 Å². The molecule has 2 aromatic carbocycles. The van der Waals surface area contributed by atoms with E-state index in [2.05, 4.69) is 6.92 Å². The molecule has 3 rings (SSSR count). The van der Waals surface area contributed by atoms with Crippen molar-refractivity contribution >= 4 is 29.4 Å². The fraction of sp³-hybridized carbons (Fsp3) is 0.484. The molecule has 4 N–H and O–H groups in total. The summed E-state index contributed by atoms with van der Waals surface area (Å²) >= 11 is 0. The molecule has 40 heavy (non-hydrogen) atoms. The molecule has 9 heteroatoms. The van der Waals surface area contributed by atoms with E-state index in [1.165, 1.54) is 30.3 Å². The van der Waals surface area contributed by atoms with Gasteiger partial charge < -0.3 is 25.7 Å². The Morgan fingerprint density at radius 3 is 2.17 bits per heavy atom. The number of carbonyl (C=O) groups is 2. The number of esters is 2. The lowest BCUT2D eigenvalue weighted by molar-refractivity contribution is -0.223. The monoisotopic (exact) mass is 558 g/mol. The van der Waals surface area contributed by atoms with Crippen molar-refractivity contribution in [2.45, 2.75) is 70.8 Å². The van der Waals surface area contributed by atoms with Crippen LogP contribution in [0.4, 0.5) is 20.2 Å². The highest BCUT2D eigenvalue weighted by Gasteiger charge is 2.43. The molecule has 1 aliphatic carbocycles. The largest absolute Gasteiger partial charge is 0.463 e. The third kappa shape index (κ3) is 10.2. The topological polar surface area (TPSA) is 114 Å². The maximum atomic E-state index is 14.7. The van der Waals surface area contributed by atoms with Gasteiger partial charge in [-0.3, -0.25) is 0 Å². The lowest BCUT2D eigenvalue weighted by Crippen LogP contribution is -2.37. The highest BCUT2D eigenvalue weighted by molar-refractivity contribution is 5.91. The molecule has 2 aromatic rings. The Morgan fingerprint density at radius 1 is 0.925 bits per heavy atom. The van der Waals surface area contributed by atoms with E-state index in [4.69, 9.17) is 25.7 Å². The highest BCUT2D eigenvalue weighted by Crippen LogP contribution is 2.41. The molecule has 1 aliphatic rings. The predicted octanol–water partition coefficient (Wildman–Crippen LogP) is 7.01. The van der Waals surface area contributed by atoms with Crippen LogP contribution in [0.3, 0.4) is 0 Å². The third-order valence-electron chi connectivity index (χ3n) is 7.06. The van der Waals surface area contributed by atoms with Gasteiger partial charge in [-0.15, -0.1) is 0 Å².